The normalized spacial score (nSPS) is 14.6. The first-order chi connectivity index (χ1) is 15.9. The van der Waals surface area contributed by atoms with Crippen LogP contribution >= 0.6 is 8.58 Å². The van der Waals surface area contributed by atoms with E-state index in [0.29, 0.717) is 21.1 Å². The molecule has 3 rings (SSSR count). The van der Waals surface area contributed by atoms with E-state index in [4.69, 9.17) is 4.74 Å². The average Bonchev–Trinajstić information content (AvgIpc) is 2.84. The van der Waals surface area contributed by atoms with Crippen molar-refractivity contribution in [1.82, 2.24) is 0 Å². The highest BCUT2D eigenvalue weighted by atomic mass is 31.1. The molecule has 0 aliphatic heterocycles. The molecule has 0 amide bonds. The highest BCUT2D eigenvalue weighted by Gasteiger charge is 2.31. The van der Waals surface area contributed by atoms with Gasteiger partial charge in [-0.05, 0) is 53.7 Å². The van der Waals surface area contributed by atoms with Gasteiger partial charge in [0.1, 0.15) is 12.4 Å². The average molecular weight is 460 g/mol. The van der Waals surface area contributed by atoms with Crippen LogP contribution in [0.1, 0.15) is 74.3 Å². The van der Waals surface area contributed by atoms with Crippen molar-refractivity contribution in [3.8, 4) is 5.75 Å². The molecule has 3 unspecified atom stereocenters. The lowest BCUT2D eigenvalue weighted by molar-refractivity contribution is 0.294. The lowest BCUT2D eigenvalue weighted by Crippen LogP contribution is -2.22. The van der Waals surface area contributed by atoms with Gasteiger partial charge in [0.15, 0.2) is 0 Å². The maximum atomic E-state index is 6.64. The molecule has 0 spiro atoms. The molecule has 0 saturated heterocycles. The predicted octanol–water partition coefficient (Wildman–Crippen LogP) is 7.77. The quantitative estimate of drug-likeness (QED) is 0.224. The Labute approximate surface area is 202 Å². The van der Waals surface area contributed by atoms with Crippen molar-refractivity contribution < 1.29 is 4.74 Å². The Kier molecular flexibility index (Phi) is 8.87. The van der Waals surface area contributed by atoms with E-state index in [-0.39, 0.29) is 5.16 Å². The molecule has 0 radical (unpaired) electrons. The highest BCUT2D eigenvalue weighted by molar-refractivity contribution is 7.48. The van der Waals surface area contributed by atoms with E-state index in [9.17, 15) is 0 Å². The summed E-state index contributed by atoms with van der Waals surface area (Å²) < 4.78 is 6.64. The van der Waals surface area contributed by atoms with Crippen LogP contribution in [0.5, 0.6) is 5.75 Å². The van der Waals surface area contributed by atoms with Crippen LogP contribution in [0.4, 0.5) is 0 Å². The van der Waals surface area contributed by atoms with Gasteiger partial charge < -0.3 is 4.74 Å². The number of hydrogen-bond acceptors (Lipinski definition) is 2. The van der Waals surface area contributed by atoms with E-state index in [1.807, 2.05) is 13.3 Å². The number of hydrogen-bond donors (Lipinski definition) is 0. The predicted molar refractivity (Wildman–Crippen MR) is 146 cm³/mol. The Morgan fingerprint density at radius 2 is 1.79 bits per heavy atom. The SMILES string of the molecule is CCC(C)c1cccc(C(C)(CC)Pc2ccc(C)cc2C=NC)c1OCc1ccccc1. The molecule has 2 nitrogen and oxygen atoms in total. The molecule has 3 aromatic rings. The smallest absolute Gasteiger partial charge is 0.127 e. The van der Waals surface area contributed by atoms with Crippen molar-refractivity contribution in [2.75, 3.05) is 7.05 Å². The van der Waals surface area contributed by atoms with Crippen LogP contribution in [0.2, 0.25) is 0 Å². The molecule has 3 heteroatoms. The fourth-order valence-corrected chi connectivity index (χ4v) is 5.72. The number of aryl methyl sites for hydroxylation is 1. The topological polar surface area (TPSA) is 21.6 Å². The highest BCUT2D eigenvalue weighted by Crippen LogP contribution is 2.49. The van der Waals surface area contributed by atoms with Gasteiger partial charge in [-0.15, -0.1) is 0 Å². The van der Waals surface area contributed by atoms with Gasteiger partial charge in [-0.2, -0.15) is 0 Å². The number of benzene rings is 3. The summed E-state index contributed by atoms with van der Waals surface area (Å²) in [4.78, 5) is 4.32. The van der Waals surface area contributed by atoms with Crippen molar-refractivity contribution in [1.29, 1.82) is 0 Å². The minimum absolute atomic E-state index is 0.0267. The fraction of sp³-hybridized carbons (Fsp3) is 0.367. The van der Waals surface area contributed by atoms with Gasteiger partial charge in [-0.25, -0.2) is 0 Å². The first-order valence-corrected chi connectivity index (χ1v) is 13.0. The van der Waals surface area contributed by atoms with E-state index in [2.05, 4.69) is 106 Å². The number of rotatable bonds is 10. The molecule has 0 heterocycles. The van der Waals surface area contributed by atoms with Gasteiger partial charge in [0.05, 0.1) is 0 Å². The summed E-state index contributed by atoms with van der Waals surface area (Å²) in [6.45, 7) is 12.0. The zero-order valence-electron chi connectivity index (χ0n) is 21.0. The number of ether oxygens (including phenoxy) is 1. The van der Waals surface area contributed by atoms with Crippen molar-refractivity contribution in [3.05, 3.63) is 94.5 Å². The summed E-state index contributed by atoms with van der Waals surface area (Å²) in [7, 11) is 2.46. The van der Waals surface area contributed by atoms with Gasteiger partial charge in [-0.3, -0.25) is 4.99 Å². The lowest BCUT2D eigenvalue weighted by atomic mass is 9.89. The standard InChI is InChI=1S/C30H38NOP/c1-7-23(4)26-15-12-16-27(29(26)32-21-24-13-10-9-11-14-24)30(5,8-2)33-28-18-17-22(3)19-25(28)20-31-6/h9-20,23,33H,7-8,21H2,1-6H3. The van der Waals surface area contributed by atoms with Crippen LogP contribution in [0.15, 0.2) is 71.7 Å². The Balaban J connectivity index is 2.06. The molecule has 3 atom stereocenters. The van der Waals surface area contributed by atoms with Crippen LogP contribution in [-0.2, 0) is 11.8 Å². The van der Waals surface area contributed by atoms with Crippen LogP contribution in [-0.4, -0.2) is 13.3 Å². The molecule has 0 aliphatic carbocycles. The molecule has 3 aromatic carbocycles. The van der Waals surface area contributed by atoms with E-state index in [1.165, 1.54) is 33.1 Å². The monoisotopic (exact) mass is 459 g/mol. The Bertz CT molecular complexity index is 1080. The minimum Gasteiger partial charge on any atom is -0.488 e. The molecule has 33 heavy (non-hydrogen) atoms. The van der Waals surface area contributed by atoms with Crippen LogP contribution in [0, 0.1) is 6.92 Å². The van der Waals surface area contributed by atoms with Gasteiger partial charge in [0, 0.05) is 24.0 Å². The second kappa shape index (κ2) is 11.6. The summed E-state index contributed by atoms with van der Waals surface area (Å²) >= 11 is 0. The molecule has 0 aliphatic rings. The third-order valence-electron chi connectivity index (χ3n) is 6.60. The Morgan fingerprint density at radius 3 is 2.45 bits per heavy atom. The molecule has 174 valence electrons. The Morgan fingerprint density at radius 1 is 1.03 bits per heavy atom. The summed E-state index contributed by atoms with van der Waals surface area (Å²) in [5, 5.41) is 1.33. The lowest BCUT2D eigenvalue weighted by Gasteiger charge is -2.33. The van der Waals surface area contributed by atoms with Crippen molar-refractivity contribution in [2.24, 2.45) is 4.99 Å². The Hall–Kier alpha value is -2.44. The zero-order valence-corrected chi connectivity index (χ0v) is 22.0. The van der Waals surface area contributed by atoms with E-state index >= 15 is 0 Å². The summed E-state index contributed by atoms with van der Waals surface area (Å²) in [6, 6.07) is 24.0. The van der Waals surface area contributed by atoms with Crippen molar-refractivity contribution in [2.45, 2.75) is 65.1 Å². The maximum Gasteiger partial charge on any atom is 0.127 e. The van der Waals surface area contributed by atoms with Crippen LogP contribution < -0.4 is 10.0 Å². The van der Waals surface area contributed by atoms with Crippen LogP contribution in [0.25, 0.3) is 0 Å². The number of aliphatic imine (C=N–C) groups is 1. The molecule has 0 fully saturated rings. The molecule has 0 bridgehead atoms. The summed E-state index contributed by atoms with van der Waals surface area (Å²) in [5.74, 6) is 1.52. The molecule has 0 aromatic heterocycles. The van der Waals surface area contributed by atoms with Crippen molar-refractivity contribution >= 4 is 20.1 Å². The second-order valence-electron chi connectivity index (χ2n) is 9.10. The fourth-order valence-electron chi connectivity index (χ4n) is 4.17. The number of para-hydroxylation sites is 1. The minimum atomic E-state index is -0.0267. The van der Waals surface area contributed by atoms with Crippen molar-refractivity contribution in [3.63, 3.8) is 0 Å². The van der Waals surface area contributed by atoms with Gasteiger partial charge in [0.25, 0.3) is 0 Å². The molecular weight excluding hydrogens is 421 g/mol. The molecular formula is C30H38NOP. The van der Waals surface area contributed by atoms with E-state index in [1.54, 1.807) is 0 Å². The van der Waals surface area contributed by atoms with Gasteiger partial charge in [0.2, 0.25) is 0 Å². The largest absolute Gasteiger partial charge is 0.488 e. The summed E-state index contributed by atoms with van der Waals surface area (Å²) in [5.41, 5.74) is 6.32. The zero-order chi connectivity index (χ0) is 23.8. The van der Waals surface area contributed by atoms with Gasteiger partial charge >= 0.3 is 0 Å². The first kappa shape index (κ1) is 25.2. The van der Waals surface area contributed by atoms with Crippen LogP contribution in [0.3, 0.4) is 0 Å². The third-order valence-corrected chi connectivity index (χ3v) is 8.50. The maximum absolute atomic E-state index is 6.64. The molecule has 0 saturated carbocycles. The third kappa shape index (κ3) is 6.12. The van der Waals surface area contributed by atoms with E-state index in [0.717, 1.165) is 18.6 Å². The van der Waals surface area contributed by atoms with Gasteiger partial charge in [-0.1, -0.05) is 103 Å². The first-order valence-electron chi connectivity index (χ1n) is 12.0. The summed E-state index contributed by atoms with van der Waals surface area (Å²) in [6.07, 6.45) is 4.12. The second-order valence-corrected chi connectivity index (χ2v) is 11.0. The number of nitrogens with zero attached hydrogens (tertiary/aromatic N) is 1. The molecule has 0 N–H and O–H groups in total. The van der Waals surface area contributed by atoms with E-state index < -0.39 is 0 Å².